The van der Waals surface area contributed by atoms with Gasteiger partial charge >= 0.3 is 0 Å². The van der Waals surface area contributed by atoms with E-state index in [1.165, 1.54) is 11.1 Å². The molecule has 1 aromatic heterocycles. The van der Waals surface area contributed by atoms with Crippen molar-refractivity contribution >= 4 is 11.6 Å². The van der Waals surface area contributed by atoms with Crippen molar-refractivity contribution in [1.29, 1.82) is 0 Å². The highest BCUT2D eigenvalue weighted by atomic mass is 16.1. The molecule has 0 radical (unpaired) electrons. The molecule has 2 aromatic carbocycles. The Morgan fingerprint density at radius 3 is 2.00 bits per heavy atom. The van der Waals surface area contributed by atoms with Crippen molar-refractivity contribution in [3.63, 3.8) is 0 Å². The van der Waals surface area contributed by atoms with Gasteiger partial charge in [0.05, 0.1) is 5.56 Å². The summed E-state index contributed by atoms with van der Waals surface area (Å²) in [4.78, 5) is 21.5. The van der Waals surface area contributed by atoms with Crippen LogP contribution >= 0.6 is 0 Å². The van der Waals surface area contributed by atoms with Crippen molar-refractivity contribution in [2.75, 3.05) is 31.5 Å². The van der Waals surface area contributed by atoms with Gasteiger partial charge < -0.3 is 5.32 Å². The third-order valence-corrected chi connectivity index (χ3v) is 5.51. The molecule has 0 saturated carbocycles. The minimum Gasteiger partial charge on any atom is -0.322 e. The highest BCUT2D eigenvalue weighted by Crippen LogP contribution is 2.15. The first-order valence-corrected chi connectivity index (χ1v) is 10.5. The lowest BCUT2D eigenvalue weighted by Crippen LogP contribution is -2.45. The molecule has 1 N–H and O–H groups in total. The number of rotatable bonds is 6. The van der Waals surface area contributed by atoms with Crippen LogP contribution in [0, 0.1) is 6.92 Å². The van der Waals surface area contributed by atoms with Gasteiger partial charge in [-0.3, -0.25) is 19.6 Å². The summed E-state index contributed by atoms with van der Waals surface area (Å²) >= 11 is 0. The topological polar surface area (TPSA) is 48.5 Å². The number of nitrogens with one attached hydrogen (secondary N) is 1. The van der Waals surface area contributed by atoms with Crippen molar-refractivity contribution in [3.8, 4) is 0 Å². The fraction of sp³-hybridized carbons (Fsp3) is 0.280. The first-order valence-electron chi connectivity index (χ1n) is 10.5. The van der Waals surface area contributed by atoms with Crippen LogP contribution in [0.2, 0.25) is 0 Å². The number of hydrogen-bond donors (Lipinski definition) is 1. The van der Waals surface area contributed by atoms with Crippen molar-refractivity contribution in [2.24, 2.45) is 0 Å². The predicted octanol–water partition coefficient (Wildman–Crippen LogP) is 3.96. The van der Waals surface area contributed by atoms with E-state index in [9.17, 15) is 4.79 Å². The van der Waals surface area contributed by atoms with Gasteiger partial charge in [-0.15, -0.1) is 0 Å². The minimum atomic E-state index is -0.134. The van der Waals surface area contributed by atoms with E-state index in [1.54, 1.807) is 12.3 Å². The number of aryl methyl sites for hydroxylation is 1. The summed E-state index contributed by atoms with van der Waals surface area (Å²) in [5.74, 6) is -0.134. The summed E-state index contributed by atoms with van der Waals surface area (Å²) in [5, 5.41) is 2.94. The Labute approximate surface area is 178 Å². The molecule has 1 aliphatic heterocycles. The molecule has 3 aromatic rings. The van der Waals surface area contributed by atoms with Crippen LogP contribution in [0.4, 0.5) is 5.69 Å². The summed E-state index contributed by atoms with van der Waals surface area (Å²) in [6.07, 6.45) is 1.61. The van der Waals surface area contributed by atoms with Crippen molar-refractivity contribution in [1.82, 2.24) is 14.8 Å². The van der Waals surface area contributed by atoms with E-state index in [0.717, 1.165) is 50.6 Å². The highest BCUT2D eigenvalue weighted by molar-refractivity contribution is 6.04. The number of carbonyl (C=O) groups is 1. The van der Waals surface area contributed by atoms with Crippen LogP contribution in [0.5, 0.6) is 0 Å². The number of piperazine rings is 1. The van der Waals surface area contributed by atoms with Gasteiger partial charge in [0, 0.05) is 56.8 Å². The second-order valence-corrected chi connectivity index (χ2v) is 7.88. The molecular formula is C25H28N4O. The average molecular weight is 401 g/mol. The number of carbonyl (C=O) groups excluding carboxylic acids is 1. The first kappa shape index (κ1) is 20.3. The average Bonchev–Trinajstić information content (AvgIpc) is 2.78. The molecule has 0 atom stereocenters. The normalized spacial score (nSPS) is 15.1. The molecule has 1 saturated heterocycles. The van der Waals surface area contributed by atoms with Gasteiger partial charge in [-0.1, -0.05) is 42.5 Å². The second kappa shape index (κ2) is 9.65. The summed E-state index contributed by atoms with van der Waals surface area (Å²) in [6, 6.07) is 22.5. The second-order valence-electron chi connectivity index (χ2n) is 7.88. The molecule has 154 valence electrons. The summed E-state index contributed by atoms with van der Waals surface area (Å²) < 4.78 is 0. The van der Waals surface area contributed by atoms with Gasteiger partial charge in [-0.05, 0) is 42.3 Å². The van der Waals surface area contributed by atoms with Crippen LogP contribution in [-0.2, 0) is 13.1 Å². The number of hydrogen-bond acceptors (Lipinski definition) is 4. The largest absolute Gasteiger partial charge is 0.322 e. The molecule has 2 heterocycles. The van der Waals surface area contributed by atoms with E-state index in [4.69, 9.17) is 0 Å². The van der Waals surface area contributed by atoms with Crippen molar-refractivity contribution < 1.29 is 4.79 Å². The minimum absolute atomic E-state index is 0.134. The molecule has 30 heavy (non-hydrogen) atoms. The Kier molecular flexibility index (Phi) is 6.52. The maximum Gasteiger partial charge on any atom is 0.257 e. The lowest BCUT2D eigenvalue weighted by atomic mass is 10.1. The van der Waals surface area contributed by atoms with Gasteiger partial charge in [0.1, 0.15) is 0 Å². The zero-order valence-corrected chi connectivity index (χ0v) is 17.4. The zero-order valence-electron chi connectivity index (χ0n) is 17.4. The lowest BCUT2D eigenvalue weighted by molar-refractivity contribution is 0.102. The van der Waals surface area contributed by atoms with E-state index < -0.39 is 0 Å². The molecule has 1 fully saturated rings. The van der Waals surface area contributed by atoms with Gasteiger partial charge in [0.25, 0.3) is 5.91 Å². The number of anilines is 1. The predicted molar refractivity (Wildman–Crippen MR) is 120 cm³/mol. The van der Waals surface area contributed by atoms with Crippen molar-refractivity contribution in [3.05, 3.63) is 95.3 Å². The molecule has 0 unspecified atom stereocenters. The van der Waals surface area contributed by atoms with Gasteiger partial charge in [-0.25, -0.2) is 0 Å². The van der Waals surface area contributed by atoms with E-state index in [2.05, 4.69) is 62.6 Å². The molecule has 1 amide bonds. The standard InChI is InChI=1S/C25H28N4O/c1-20-7-10-23(17-26-20)25(30)27-24-11-8-22(9-12-24)19-29-15-13-28(14-16-29)18-21-5-3-2-4-6-21/h2-12,17H,13-16,18-19H2,1H3,(H,27,30). The summed E-state index contributed by atoms with van der Waals surface area (Å²) in [6.45, 7) is 8.21. The van der Waals surface area contributed by atoms with Crippen LogP contribution in [0.3, 0.4) is 0 Å². The number of aromatic nitrogens is 1. The number of benzene rings is 2. The molecule has 0 bridgehead atoms. The third kappa shape index (κ3) is 5.53. The Morgan fingerprint density at radius 1 is 0.833 bits per heavy atom. The van der Waals surface area contributed by atoms with Gasteiger partial charge in [0.15, 0.2) is 0 Å². The molecule has 5 heteroatoms. The SMILES string of the molecule is Cc1ccc(C(=O)Nc2ccc(CN3CCN(Cc4ccccc4)CC3)cc2)cn1. The number of amides is 1. The highest BCUT2D eigenvalue weighted by Gasteiger charge is 2.17. The van der Waals surface area contributed by atoms with Crippen LogP contribution in [0.1, 0.15) is 27.2 Å². The molecule has 4 rings (SSSR count). The van der Waals surface area contributed by atoms with Gasteiger partial charge in [0.2, 0.25) is 0 Å². The Balaban J connectivity index is 1.25. The van der Waals surface area contributed by atoms with Crippen LogP contribution in [0.25, 0.3) is 0 Å². The Bertz CT molecular complexity index is 947. The van der Waals surface area contributed by atoms with Crippen LogP contribution in [0.15, 0.2) is 72.9 Å². The molecule has 5 nitrogen and oxygen atoms in total. The lowest BCUT2D eigenvalue weighted by Gasteiger charge is -2.34. The Morgan fingerprint density at radius 2 is 1.43 bits per heavy atom. The van der Waals surface area contributed by atoms with Crippen molar-refractivity contribution in [2.45, 2.75) is 20.0 Å². The van der Waals surface area contributed by atoms with E-state index in [1.807, 2.05) is 25.1 Å². The smallest absolute Gasteiger partial charge is 0.257 e. The third-order valence-electron chi connectivity index (χ3n) is 5.51. The number of pyridine rings is 1. The summed E-state index contributed by atoms with van der Waals surface area (Å²) in [7, 11) is 0. The maximum atomic E-state index is 12.3. The zero-order chi connectivity index (χ0) is 20.8. The maximum absolute atomic E-state index is 12.3. The van der Waals surface area contributed by atoms with Gasteiger partial charge in [-0.2, -0.15) is 0 Å². The van der Waals surface area contributed by atoms with Crippen LogP contribution in [-0.4, -0.2) is 46.9 Å². The number of nitrogens with zero attached hydrogens (tertiary/aromatic N) is 3. The Hall–Kier alpha value is -3.02. The quantitative estimate of drug-likeness (QED) is 0.680. The fourth-order valence-corrected chi connectivity index (χ4v) is 3.70. The van der Waals surface area contributed by atoms with E-state index in [-0.39, 0.29) is 5.91 Å². The first-order chi connectivity index (χ1) is 14.7. The summed E-state index contributed by atoms with van der Waals surface area (Å²) in [5.41, 5.74) is 4.92. The molecular weight excluding hydrogens is 372 g/mol. The van der Waals surface area contributed by atoms with E-state index >= 15 is 0 Å². The molecule has 1 aliphatic rings. The van der Waals surface area contributed by atoms with E-state index in [0.29, 0.717) is 5.56 Å². The van der Waals surface area contributed by atoms with Crippen LogP contribution < -0.4 is 5.32 Å². The molecule has 0 spiro atoms. The monoisotopic (exact) mass is 400 g/mol. The molecule has 0 aliphatic carbocycles. The fourth-order valence-electron chi connectivity index (χ4n) is 3.70.